The molecule has 0 spiro atoms. The maximum atomic E-state index is 6.15. The summed E-state index contributed by atoms with van der Waals surface area (Å²) in [5, 5.41) is 0. The van der Waals surface area contributed by atoms with E-state index in [0.29, 0.717) is 5.96 Å². The van der Waals surface area contributed by atoms with Crippen molar-refractivity contribution in [3.63, 3.8) is 0 Å². The van der Waals surface area contributed by atoms with Gasteiger partial charge < -0.3 is 11.5 Å². The highest BCUT2D eigenvalue weighted by molar-refractivity contribution is 9.10. The van der Waals surface area contributed by atoms with E-state index in [2.05, 4.69) is 32.8 Å². The molecular weight excluding hydrogens is 390 g/mol. The highest BCUT2D eigenvalue weighted by Gasteiger charge is 2.25. The van der Waals surface area contributed by atoms with Crippen molar-refractivity contribution in [2.45, 2.75) is 77.3 Å². The summed E-state index contributed by atoms with van der Waals surface area (Å²) in [4.78, 5) is 10.6. The first-order valence-corrected chi connectivity index (χ1v) is 10.6. The van der Waals surface area contributed by atoms with Gasteiger partial charge in [-0.25, -0.2) is 4.99 Å². The number of aliphatic imine (C=N–C) groups is 2. The van der Waals surface area contributed by atoms with Gasteiger partial charge in [0.2, 0.25) is 11.9 Å². The van der Waals surface area contributed by atoms with Crippen LogP contribution in [-0.2, 0) is 0 Å². The van der Waals surface area contributed by atoms with Gasteiger partial charge >= 0.3 is 0 Å². The Labute approximate surface area is 166 Å². The summed E-state index contributed by atoms with van der Waals surface area (Å²) in [6.45, 7) is 2.26. The van der Waals surface area contributed by atoms with Crippen molar-refractivity contribution < 1.29 is 0 Å². The van der Waals surface area contributed by atoms with Gasteiger partial charge in [-0.1, -0.05) is 80.3 Å². The molecule has 1 aromatic rings. The van der Waals surface area contributed by atoms with Crippen LogP contribution in [0, 0.1) is 0 Å². The van der Waals surface area contributed by atoms with Crippen LogP contribution in [-0.4, -0.2) is 18.1 Å². The SMILES string of the molecule is CCCCCCCCCCC[C@@H]1N=C(N)N=C(N)N1c1cccc(Br)c1. The standard InChI is InChI=1S/C20H32BrN5/c1-2-3-4-5-6-7-8-9-10-14-18-24-19(22)25-20(23)26(18)17-13-11-12-16(21)15-17/h11-13,15,18H,2-10,14H2,1H3,(H4,22,23,24,25)/t18-/m1/s1. The predicted molar refractivity (Wildman–Crippen MR) is 115 cm³/mol. The van der Waals surface area contributed by atoms with Gasteiger partial charge in [0.25, 0.3) is 0 Å². The molecule has 0 aromatic heterocycles. The van der Waals surface area contributed by atoms with Crippen molar-refractivity contribution in [1.82, 2.24) is 0 Å². The number of benzene rings is 1. The molecule has 0 amide bonds. The first-order valence-electron chi connectivity index (χ1n) is 9.84. The van der Waals surface area contributed by atoms with E-state index < -0.39 is 0 Å². The summed E-state index contributed by atoms with van der Waals surface area (Å²) in [7, 11) is 0. The molecule has 0 radical (unpaired) electrons. The molecule has 0 saturated heterocycles. The van der Waals surface area contributed by atoms with E-state index in [-0.39, 0.29) is 12.1 Å². The van der Waals surface area contributed by atoms with Crippen molar-refractivity contribution >= 4 is 33.5 Å². The van der Waals surface area contributed by atoms with Crippen LogP contribution in [0.3, 0.4) is 0 Å². The molecule has 0 bridgehead atoms. The first kappa shape index (κ1) is 20.7. The fourth-order valence-electron chi connectivity index (χ4n) is 3.32. The monoisotopic (exact) mass is 421 g/mol. The van der Waals surface area contributed by atoms with E-state index in [1.54, 1.807) is 0 Å². The molecule has 4 N–H and O–H groups in total. The number of nitrogens with zero attached hydrogens (tertiary/aromatic N) is 3. The largest absolute Gasteiger partial charge is 0.369 e. The van der Waals surface area contributed by atoms with Crippen LogP contribution in [0.5, 0.6) is 0 Å². The predicted octanol–water partition coefficient (Wildman–Crippen LogP) is 5.15. The van der Waals surface area contributed by atoms with Gasteiger partial charge in [-0.15, -0.1) is 0 Å². The summed E-state index contributed by atoms with van der Waals surface area (Å²) < 4.78 is 1.01. The van der Waals surface area contributed by atoms with Crippen LogP contribution < -0.4 is 16.4 Å². The van der Waals surface area contributed by atoms with Crippen LogP contribution in [0.4, 0.5) is 5.69 Å². The maximum Gasteiger partial charge on any atom is 0.220 e. The average molecular weight is 422 g/mol. The van der Waals surface area contributed by atoms with Gasteiger partial charge in [-0.05, 0) is 31.0 Å². The number of anilines is 1. The minimum atomic E-state index is -0.0774. The first-order chi connectivity index (χ1) is 12.6. The summed E-state index contributed by atoms with van der Waals surface area (Å²) in [6, 6.07) is 8.04. The lowest BCUT2D eigenvalue weighted by atomic mass is 10.1. The van der Waals surface area contributed by atoms with Crippen molar-refractivity contribution in [1.29, 1.82) is 0 Å². The van der Waals surface area contributed by atoms with Crippen molar-refractivity contribution in [2.24, 2.45) is 21.5 Å². The van der Waals surface area contributed by atoms with E-state index in [1.807, 2.05) is 29.2 Å². The topological polar surface area (TPSA) is 80.0 Å². The van der Waals surface area contributed by atoms with Gasteiger partial charge in [0, 0.05) is 10.2 Å². The number of rotatable bonds is 11. The molecule has 1 atom stereocenters. The van der Waals surface area contributed by atoms with Gasteiger partial charge in [0.05, 0.1) is 0 Å². The summed E-state index contributed by atoms with van der Waals surface area (Å²) in [5.74, 6) is 0.686. The molecule has 144 valence electrons. The van der Waals surface area contributed by atoms with E-state index in [4.69, 9.17) is 11.5 Å². The van der Waals surface area contributed by atoms with Crippen LogP contribution >= 0.6 is 15.9 Å². The molecular formula is C20H32BrN5. The number of hydrogen-bond acceptors (Lipinski definition) is 5. The second kappa shape index (κ2) is 11.2. The molecule has 2 rings (SSSR count). The highest BCUT2D eigenvalue weighted by atomic mass is 79.9. The number of unbranched alkanes of at least 4 members (excludes halogenated alkanes) is 8. The molecule has 0 saturated carbocycles. The molecule has 1 aliphatic heterocycles. The third-order valence-corrected chi connectivity index (χ3v) is 5.20. The highest BCUT2D eigenvalue weighted by Crippen LogP contribution is 2.26. The zero-order chi connectivity index (χ0) is 18.8. The molecule has 0 fully saturated rings. The lowest BCUT2D eigenvalue weighted by Gasteiger charge is -2.32. The molecule has 26 heavy (non-hydrogen) atoms. The molecule has 6 heteroatoms. The van der Waals surface area contributed by atoms with Crippen LogP contribution in [0.25, 0.3) is 0 Å². The summed E-state index contributed by atoms with van der Waals surface area (Å²) >= 11 is 3.52. The average Bonchev–Trinajstić information content (AvgIpc) is 2.60. The Balaban J connectivity index is 1.81. The molecule has 1 aliphatic rings. The number of nitrogens with two attached hydrogens (primary N) is 2. The zero-order valence-corrected chi connectivity index (χ0v) is 17.4. The maximum absolute atomic E-state index is 6.15. The fraction of sp³-hybridized carbons (Fsp3) is 0.600. The quantitative estimate of drug-likeness (QED) is 0.484. The zero-order valence-electron chi connectivity index (χ0n) is 15.8. The minimum Gasteiger partial charge on any atom is -0.369 e. The second-order valence-electron chi connectivity index (χ2n) is 6.90. The van der Waals surface area contributed by atoms with E-state index in [0.717, 1.165) is 23.0 Å². The third-order valence-electron chi connectivity index (χ3n) is 4.71. The normalized spacial score (nSPS) is 17.2. The van der Waals surface area contributed by atoms with E-state index >= 15 is 0 Å². The second-order valence-corrected chi connectivity index (χ2v) is 7.82. The molecule has 0 aliphatic carbocycles. The Hall–Kier alpha value is -1.56. The van der Waals surface area contributed by atoms with Crippen molar-refractivity contribution in [3.8, 4) is 0 Å². The van der Waals surface area contributed by atoms with Crippen molar-refractivity contribution in [2.75, 3.05) is 4.90 Å². The Bertz CT molecular complexity index is 614. The number of halogens is 1. The van der Waals surface area contributed by atoms with E-state index in [1.165, 1.54) is 51.4 Å². The molecule has 1 aromatic carbocycles. The smallest absolute Gasteiger partial charge is 0.220 e. The van der Waals surface area contributed by atoms with Gasteiger partial charge in [0.15, 0.2) is 0 Å². The Morgan fingerprint density at radius 1 is 1.00 bits per heavy atom. The Morgan fingerprint density at radius 2 is 1.65 bits per heavy atom. The number of hydrogen-bond donors (Lipinski definition) is 2. The lowest BCUT2D eigenvalue weighted by Crippen LogP contribution is -2.48. The minimum absolute atomic E-state index is 0.0774. The summed E-state index contributed by atoms with van der Waals surface area (Å²) in [5.41, 5.74) is 13.0. The van der Waals surface area contributed by atoms with Gasteiger partial charge in [0.1, 0.15) is 6.17 Å². The van der Waals surface area contributed by atoms with Crippen LogP contribution in [0.2, 0.25) is 0 Å². The van der Waals surface area contributed by atoms with Crippen LogP contribution in [0.1, 0.15) is 71.1 Å². The van der Waals surface area contributed by atoms with Gasteiger partial charge in [-0.2, -0.15) is 4.99 Å². The Morgan fingerprint density at radius 3 is 2.31 bits per heavy atom. The molecule has 5 nitrogen and oxygen atoms in total. The Kier molecular flexibility index (Phi) is 8.95. The fourth-order valence-corrected chi connectivity index (χ4v) is 3.71. The molecule has 0 unspecified atom stereocenters. The van der Waals surface area contributed by atoms with Gasteiger partial charge in [-0.3, -0.25) is 4.90 Å². The molecule has 1 heterocycles. The third kappa shape index (κ3) is 6.63. The lowest BCUT2D eigenvalue weighted by molar-refractivity contribution is 0.527. The number of guanidine groups is 2. The van der Waals surface area contributed by atoms with E-state index in [9.17, 15) is 0 Å². The van der Waals surface area contributed by atoms with Crippen molar-refractivity contribution in [3.05, 3.63) is 28.7 Å². The summed E-state index contributed by atoms with van der Waals surface area (Å²) in [6.07, 6.45) is 12.6. The van der Waals surface area contributed by atoms with Crippen LogP contribution in [0.15, 0.2) is 38.7 Å².